The Morgan fingerprint density at radius 2 is 2.13 bits per heavy atom. The van der Waals surface area contributed by atoms with Gasteiger partial charge in [0.05, 0.1) is 17.8 Å². The summed E-state index contributed by atoms with van der Waals surface area (Å²) in [7, 11) is 0. The second kappa shape index (κ2) is 7.72. The molecule has 7 heteroatoms. The van der Waals surface area contributed by atoms with Gasteiger partial charge in [-0.2, -0.15) is 0 Å². The van der Waals surface area contributed by atoms with Crippen LogP contribution in [0.3, 0.4) is 0 Å². The number of aryl methyl sites for hydroxylation is 3. The number of nitrogens with zero attached hydrogens (tertiary/aromatic N) is 2. The number of benzene rings is 1. The summed E-state index contributed by atoms with van der Waals surface area (Å²) in [5.41, 5.74) is 1.95. The SMILES string of the molecule is CC(NC(=O)CCn1cnc2sc3c(c2c1=O)CCCC3)c1cc2ccccc2o1. The number of fused-ring (bicyclic) bond motifs is 4. The molecule has 1 amide bonds. The van der Waals surface area contributed by atoms with Gasteiger partial charge in [-0.15, -0.1) is 11.3 Å². The first-order valence-corrected chi connectivity index (χ1v) is 11.2. The highest BCUT2D eigenvalue weighted by Crippen LogP contribution is 2.33. The largest absolute Gasteiger partial charge is 0.459 e. The first kappa shape index (κ1) is 19.1. The van der Waals surface area contributed by atoms with Gasteiger partial charge in [-0.3, -0.25) is 14.2 Å². The Labute approximate surface area is 177 Å². The van der Waals surface area contributed by atoms with E-state index in [0.717, 1.165) is 46.2 Å². The van der Waals surface area contributed by atoms with E-state index in [9.17, 15) is 9.59 Å². The lowest BCUT2D eigenvalue weighted by Gasteiger charge is -2.12. The fraction of sp³-hybridized carbons (Fsp3) is 0.348. The topological polar surface area (TPSA) is 77.1 Å². The van der Waals surface area contributed by atoms with Crippen LogP contribution in [0.4, 0.5) is 0 Å². The van der Waals surface area contributed by atoms with E-state index in [1.165, 1.54) is 16.9 Å². The number of rotatable bonds is 5. The summed E-state index contributed by atoms with van der Waals surface area (Å²) in [5, 5.41) is 4.73. The Bertz CT molecular complexity index is 1270. The molecule has 1 aliphatic carbocycles. The molecular formula is C23H23N3O3S. The Hall–Kier alpha value is -2.93. The van der Waals surface area contributed by atoms with Crippen molar-refractivity contribution in [3.63, 3.8) is 0 Å². The van der Waals surface area contributed by atoms with Gasteiger partial charge in [-0.05, 0) is 50.3 Å². The molecule has 30 heavy (non-hydrogen) atoms. The van der Waals surface area contributed by atoms with E-state index in [2.05, 4.69) is 10.3 Å². The van der Waals surface area contributed by atoms with Crippen molar-refractivity contribution < 1.29 is 9.21 Å². The molecule has 1 N–H and O–H groups in total. The molecule has 6 nitrogen and oxygen atoms in total. The molecule has 4 aromatic rings. The maximum atomic E-state index is 13.0. The van der Waals surface area contributed by atoms with Crippen LogP contribution in [0.15, 0.2) is 45.9 Å². The molecule has 1 unspecified atom stereocenters. The van der Waals surface area contributed by atoms with Gasteiger partial charge in [0.2, 0.25) is 5.91 Å². The fourth-order valence-electron chi connectivity index (χ4n) is 4.16. The summed E-state index contributed by atoms with van der Waals surface area (Å²) in [6.45, 7) is 2.21. The molecule has 0 aliphatic heterocycles. The average molecular weight is 422 g/mol. The van der Waals surface area contributed by atoms with Crippen molar-refractivity contribution in [2.75, 3.05) is 0 Å². The Morgan fingerprint density at radius 3 is 3.00 bits per heavy atom. The zero-order valence-electron chi connectivity index (χ0n) is 16.8. The molecule has 3 heterocycles. The molecule has 3 aromatic heterocycles. The molecular weight excluding hydrogens is 398 g/mol. The third-order valence-electron chi connectivity index (χ3n) is 5.77. The van der Waals surface area contributed by atoms with E-state index < -0.39 is 0 Å². The third kappa shape index (κ3) is 3.43. The average Bonchev–Trinajstić information content (AvgIpc) is 3.35. The van der Waals surface area contributed by atoms with Crippen molar-refractivity contribution in [1.29, 1.82) is 0 Å². The van der Waals surface area contributed by atoms with Crippen LogP contribution in [0.1, 0.15) is 48.4 Å². The predicted octanol–water partition coefficient (Wildman–Crippen LogP) is 4.35. The maximum Gasteiger partial charge on any atom is 0.262 e. The zero-order chi connectivity index (χ0) is 20.7. The van der Waals surface area contributed by atoms with Gasteiger partial charge >= 0.3 is 0 Å². The van der Waals surface area contributed by atoms with Gasteiger partial charge in [0, 0.05) is 23.2 Å². The minimum absolute atomic E-state index is 0.0301. The molecule has 0 saturated carbocycles. The quantitative estimate of drug-likeness (QED) is 0.520. The smallest absolute Gasteiger partial charge is 0.262 e. The number of nitrogens with one attached hydrogen (secondary N) is 1. The molecule has 0 spiro atoms. The van der Waals surface area contributed by atoms with Gasteiger partial charge in [-0.1, -0.05) is 18.2 Å². The van der Waals surface area contributed by atoms with Crippen molar-refractivity contribution in [3.05, 3.63) is 63.2 Å². The van der Waals surface area contributed by atoms with Crippen LogP contribution >= 0.6 is 11.3 Å². The van der Waals surface area contributed by atoms with Crippen molar-refractivity contribution in [3.8, 4) is 0 Å². The number of furan rings is 1. The van der Waals surface area contributed by atoms with E-state index in [-0.39, 0.29) is 23.9 Å². The summed E-state index contributed by atoms with van der Waals surface area (Å²) in [4.78, 5) is 32.1. The second-order valence-electron chi connectivity index (χ2n) is 7.86. The van der Waals surface area contributed by atoms with E-state index in [1.54, 1.807) is 22.2 Å². The molecule has 0 radical (unpaired) electrons. The predicted molar refractivity (Wildman–Crippen MR) is 118 cm³/mol. The lowest BCUT2D eigenvalue weighted by molar-refractivity contribution is -0.122. The number of aromatic nitrogens is 2. The lowest BCUT2D eigenvalue weighted by Crippen LogP contribution is -2.29. The highest BCUT2D eigenvalue weighted by Gasteiger charge is 2.20. The number of carbonyl (C=O) groups excluding carboxylic acids is 1. The molecule has 5 rings (SSSR count). The van der Waals surface area contributed by atoms with Crippen molar-refractivity contribution in [1.82, 2.24) is 14.9 Å². The third-order valence-corrected chi connectivity index (χ3v) is 6.97. The van der Waals surface area contributed by atoms with Crippen LogP contribution in [0, 0.1) is 0 Å². The highest BCUT2D eigenvalue weighted by atomic mass is 32.1. The monoisotopic (exact) mass is 421 g/mol. The standard InChI is InChI=1S/C23H23N3O3S/c1-14(18-12-15-6-2-4-8-17(15)29-18)25-20(27)10-11-26-13-24-22-21(23(26)28)16-7-3-5-9-19(16)30-22/h2,4,6,8,12-14H,3,5,7,9-11H2,1H3,(H,25,27). The van der Waals surface area contributed by atoms with Crippen molar-refractivity contribution in [2.45, 2.75) is 51.6 Å². The molecule has 154 valence electrons. The number of hydrogen-bond acceptors (Lipinski definition) is 5. The van der Waals surface area contributed by atoms with Crippen molar-refractivity contribution in [2.24, 2.45) is 0 Å². The maximum absolute atomic E-state index is 13.0. The molecule has 1 aromatic carbocycles. The number of amides is 1. The summed E-state index contributed by atoms with van der Waals surface area (Å²) in [5.74, 6) is 0.594. The van der Waals surface area contributed by atoms with Crippen molar-refractivity contribution >= 4 is 38.4 Å². The first-order chi connectivity index (χ1) is 14.6. The number of para-hydroxylation sites is 1. The van der Waals surface area contributed by atoms with Crippen LogP contribution in [0.5, 0.6) is 0 Å². The second-order valence-corrected chi connectivity index (χ2v) is 8.94. The summed E-state index contributed by atoms with van der Waals surface area (Å²) in [6.07, 6.45) is 6.07. The van der Waals surface area contributed by atoms with E-state index in [1.807, 2.05) is 37.3 Å². The van der Waals surface area contributed by atoms with Gasteiger partial charge in [0.1, 0.15) is 16.2 Å². The molecule has 0 fully saturated rings. The molecule has 0 bridgehead atoms. The first-order valence-electron chi connectivity index (χ1n) is 10.4. The summed E-state index contributed by atoms with van der Waals surface area (Å²) < 4.78 is 7.39. The lowest BCUT2D eigenvalue weighted by atomic mass is 9.97. The fourth-order valence-corrected chi connectivity index (χ4v) is 5.38. The number of thiophene rings is 1. The minimum atomic E-state index is -0.244. The molecule has 0 saturated heterocycles. The normalized spacial score (nSPS) is 14.7. The van der Waals surface area contributed by atoms with Crippen LogP contribution in [-0.2, 0) is 24.2 Å². The van der Waals surface area contributed by atoms with Gasteiger partial charge in [-0.25, -0.2) is 4.98 Å². The van der Waals surface area contributed by atoms with E-state index in [0.29, 0.717) is 6.54 Å². The van der Waals surface area contributed by atoms with E-state index >= 15 is 0 Å². The Balaban J connectivity index is 1.28. The number of hydrogen-bond donors (Lipinski definition) is 1. The highest BCUT2D eigenvalue weighted by molar-refractivity contribution is 7.18. The van der Waals surface area contributed by atoms with Gasteiger partial charge in [0.15, 0.2) is 0 Å². The van der Waals surface area contributed by atoms with Crippen LogP contribution in [0.25, 0.3) is 21.2 Å². The molecule has 1 atom stereocenters. The summed E-state index contributed by atoms with van der Waals surface area (Å²) in [6, 6.07) is 9.47. The molecule has 1 aliphatic rings. The van der Waals surface area contributed by atoms with Crippen LogP contribution < -0.4 is 10.9 Å². The van der Waals surface area contributed by atoms with Gasteiger partial charge in [0.25, 0.3) is 5.56 Å². The summed E-state index contributed by atoms with van der Waals surface area (Å²) >= 11 is 1.64. The number of carbonyl (C=O) groups is 1. The minimum Gasteiger partial charge on any atom is -0.459 e. The zero-order valence-corrected chi connectivity index (χ0v) is 17.6. The van der Waals surface area contributed by atoms with Crippen LogP contribution in [-0.4, -0.2) is 15.5 Å². The Kier molecular flexibility index (Phi) is 4.90. The Morgan fingerprint density at radius 1 is 1.30 bits per heavy atom. The van der Waals surface area contributed by atoms with Gasteiger partial charge < -0.3 is 9.73 Å². The van der Waals surface area contributed by atoms with Crippen LogP contribution in [0.2, 0.25) is 0 Å². The van der Waals surface area contributed by atoms with E-state index in [4.69, 9.17) is 4.42 Å².